The number of hydrogen-bond acceptors (Lipinski definition) is 4. The Morgan fingerprint density at radius 1 is 0.794 bits per heavy atom. The minimum Gasteiger partial charge on any atom is -0.333 e. The van der Waals surface area contributed by atoms with Gasteiger partial charge in [-0.15, -0.1) is 0 Å². The van der Waals surface area contributed by atoms with Crippen LogP contribution in [0.2, 0.25) is 5.02 Å². The van der Waals surface area contributed by atoms with E-state index < -0.39 is 4.92 Å². The zero-order valence-corrected chi connectivity index (χ0v) is 18.5. The molecule has 6 nitrogen and oxygen atoms in total. The molecule has 0 saturated carbocycles. The van der Waals surface area contributed by atoms with Gasteiger partial charge in [0, 0.05) is 29.4 Å². The fourth-order valence-electron chi connectivity index (χ4n) is 4.57. The first kappa shape index (κ1) is 20.3. The van der Waals surface area contributed by atoms with Crippen LogP contribution in [0.15, 0.2) is 89.7 Å². The predicted molar refractivity (Wildman–Crippen MR) is 136 cm³/mol. The van der Waals surface area contributed by atoms with E-state index in [2.05, 4.69) is 4.57 Å². The molecule has 0 aliphatic rings. The van der Waals surface area contributed by atoms with Gasteiger partial charge in [0.15, 0.2) is 0 Å². The molecule has 1 aromatic heterocycles. The summed E-state index contributed by atoms with van der Waals surface area (Å²) < 4.78 is 2.11. The molecule has 0 saturated heterocycles. The highest BCUT2D eigenvalue weighted by Crippen LogP contribution is 2.33. The number of nitro groups is 1. The highest BCUT2D eigenvalue weighted by Gasteiger charge is 2.15. The Morgan fingerprint density at radius 3 is 2.26 bits per heavy atom. The van der Waals surface area contributed by atoms with E-state index in [9.17, 15) is 14.9 Å². The standard InChI is InChI=1S/C27H16ClN3O3/c28-26-21-14-25-23(13-20(21)18-5-1-2-6-19(18)27(26)32)29-22-7-3-4-8-24(22)30(25)15-16-9-11-17(12-10-16)31(33)34/h1-14H,15H2. The summed E-state index contributed by atoms with van der Waals surface area (Å²) in [5.41, 5.74) is 4.08. The Kier molecular flexibility index (Phi) is 4.57. The molecule has 0 bridgehead atoms. The quantitative estimate of drug-likeness (QED) is 0.130. The van der Waals surface area contributed by atoms with E-state index in [4.69, 9.17) is 16.6 Å². The lowest BCUT2D eigenvalue weighted by Crippen LogP contribution is -2.07. The average molecular weight is 466 g/mol. The van der Waals surface area contributed by atoms with Crippen LogP contribution in [0.3, 0.4) is 0 Å². The normalized spacial score (nSPS) is 11.6. The predicted octanol–water partition coefficient (Wildman–Crippen LogP) is 6.47. The van der Waals surface area contributed by atoms with Crippen molar-refractivity contribution in [3.63, 3.8) is 0 Å². The third kappa shape index (κ3) is 3.11. The van der Waals surface area contributed by atoms with Crippen LogP contribution in [-0.2, 0) is 6.54 Å². The van der Waals surface area contributed by atoms with Crippen LogP contribution in [0.4, 0.5) is 5.69 Å². The Bertz CT molecular complexity index is 1840. The molecule has 34 heavy (non-hydrogen) atoms. The smallest absolute Gasteiger partial charge is 0.269 e. The van der Waals surface area contributed by atoms with Crippen LogP contribution < -0.4 is 5.43 Å². The minimum atomic E-state index is -0.410. The van der Waals surface area contributed by atoms with Crippen molar-refractivity contribution in [3.8, 4) is 0 Å². The Morgan fingerprint density at radius 2 is 1.50 bits per heavy atom. The molecule has 0 aliphatic heterocycles. The number of nitro benzene ring substituents is 1. The minimum absolute atomic E-state index is 0.0471. The van der Waals surface area contributed by atoms with Gasteiger partial charge in [-0.05, 0) is 40.6 Å². The third-order valence-electron chi connectivity index (χ3n) is 6.20. The first-order valence-electron chi connectivity index (χ1n) is 10.7. The second-order valence-corrected chi connectivity index (χ2v) is 8.56. The van der Waals surface area contributed by atoms with E-state index in [-0.39, 0.29) is 16.1 Å². The number of fused-ring (bicyclic) bond motifs is 5. The third-order valence-corrected chi connectivity index (χ3v) is 6.58. The van der Waals surface area contributed by atoms with Crippen LogP contribution in [0, 0.1) is 10.1 Å². The van der Waals surface area contributed by atoms with Gasteiger partial charge in [-0.3, -0.25) is 14.9 Å². The van der Waals surface area contributed by atoms with Crippen molar-refractivity contribution in [1.29, 1.82) is 0 Å². The van der Waals surface area contributed by atoms with E-state index in [1.807, 2.05) is 54.6 Å². The number of aromatic nitrogens is 2. The largest absolute Gasteiger partial charge is 0.333 e. The van der Waals surface area contributed by atoms with Crippen LogP contribution in [0.1, 0.15) is 5.56 Å². The van der Waals surface area contributed by atoms with E-state index in [0.29, 0.717) is 17.3 Å². The molecule has 0 aliphatic carbocycles. The van der Waals surface area contributed by atoms with Gasteiger partial charge in [0.2, 0.25) is 5.43 Å². The van der Waals surface area contributed by atoms with Gasteiger partial charge in [0.1, 0.15) is 0 Å². The van der Waals surface area contributed by atoms with Gasteiger partial charge in [0.25, 0.3) is 5.69 Å². The molecule has 0 radical (unpaired) electrons. The molecule has 7 heteroatoms. The molecule has 6 rings (SSSR count). The van der Waals surface area contributed by atoms with Gasteiger partial charge in [-0.25, -0.2) is 4.98 Å². The van der Waals surface area contributed by atoms with E-state index >= 15 is 0 Å². The molecular formula is C27H16ClN3O3. The second kappa shape index (κ2) is 7.64. The zero-order valence-electron chi connectivity index (χ0n) is 17.7. The number of nitrogens with zero attached hydrogens (tertiary/aromatic N) is 3. The van der Waals surface area contributed by atoms with Crippen molar-refractivity contribution in [2.24, 2.45) is 0 Å². The SMILES string of the molecule is O=c1c(Cl)c2cc3c(cc2c2ccccc12)nc1ccccc1n3Cc1ccc([N+](=O)[O-])cc1. The van der Waals surface area contributed by atoms with Gasteiger partial charge < -0.3 is 4.57 Å². The van der Waals surface area contributed by atoms with Gasteiger partial charge in [-0.1, -0.05) is 60.1 Å². The Balaban J connectivity index is 1.68. The number of benzene rings is 5. The summed E-state index contributed by atoms with van der Waals surface area (Å²) >= 11 is 6.58. The number of non-ortho nitro benzene ring substituents is 1. The summed E-state index contributed by atoms with van der Waals surface area (Å²) in [4.78, 5) is 28.5. The average Bonchev–Trinajstić information content (AvgIpc) is 2.86. The van der Waals surface area contributed by atoms with Crippen LogP contribution in [0.25, 0.3) is 43.6 Å². The molecule has 6 aromatic rings. The molecule has 0 amide bonds. The van der Waals surface area contributed by atoms with E-state index in [0.717, 1.165) is 38.4 Å². The molecule has 0 spiro atoms. The zero-order chi connectivity index (χ0) is 23.4. The maximum atomic E-state index is 12.9. The number of hydrogen-bond donors (Lipinski definition) is 0. The maximum absolute atomic E-state index is 12.9. The first-order valence-corrected chi connectivity index (χ1v) is 11.1. The molecule has 164 valence electrons. The molecular weight excluding hydrogens is 450 g/mol. The summed E-state index contributed by atoms with van der Waals surface area (Å²) in [6.45, 7) is 0.471. The van der Waals surface area contributed by atoms with Crippen molar-refractivity contribution in [1.82, 2.24) is 9.55 Å². The number of halogens is 1. The van der Waals surface area contributed by atoms with Crippen molar-refractivity contribution < 1.29 is 4.92 Å². The van der Waals surface area contributed by atoms with Gasteiger partial charge >= 0.3 is 0 Å². The first-order chi connectivity index (χ1) is 16.5. The lowest BCUT2D eigenvalue weighted by atomic mass is 10.0. The summed E-state index contributed by atoms with van der Waals surface area (Å²) in [6.07, 6.45) is 0. The molecule has 0 fully saturated rings. The molecule has 1 heterocycles. The van der Waals surface area contributed by atoms with Crippen molar-refractivity contribution in [2.45, 2.75) is 6.54 Å². The summed E-state index contributed by atoms with van der Waals surface area (Å²) in [5.74, 6) is 0. The van der Waals surface area contributed by atoms with Crippen molar-refractivity contribution in [2.75, 3.05) is 0 Å². The summed E-state index contributed by atoms with van der Waals surface area (Å²) in [6, 6.07) is 25.7. The maximum Gasteiger partial charge on any atom is 0.269 e. The summed E-state index contributed by atoms with van der Waals surface area (Å²) in [7, 11) is 0. The fourth-order valence-corrected chi connectivity index (χ4v) is 4.82. The van der Waals surface area contributed by atoms with Crippen molar-refractivity contribution >= 4 is 60.9 Å². The van der Waals surface area contributed by atoms with Crippen LogP contribution in [0.5, 0.6) is 0 Å². The van der Waals surface area contributed by atoms with E-state index in [1.165, 1.54) is 12.1 Å². The Labute approximate surface area is 197 Å². The fraction of sp³-hybridized carbons (Fsp3) is 0.0370. The van der Waals surface area contributed by atoms with E-state index in [1.54, 1.807) is 18.2 Å². The highest BCUT2D eigenvalue weighted by atomic mass is 35.5. The number of para-hydroxylation sites is 2. The molecule has 0 atom stereocenters. The lowest BCUT2D eigenvalue weighted by Gasteiger charge is -2.17. The highest BCUT2D eigenvalue weighted by molar-refractivity contribution is 6.38. The summed E-state index contributed by atoms with van der Waals surface area (Å²) in [5, 5.41) is 14.2. The second-order valence-electron chi connectivity index (χ2n) is 8.19. The molecule has 0 unspecified atom stereocenters. The topological polar surface area (TPSA) is 78.0 Å². The van der Waals surface area contributed by atoms with Gasteiger partial charge in [-0.2, -0.15) is 0 Å². The lowest BCUT2D eigenvalue weighted by molar-refractivity contribution is -0.384. The van der Waals surface area contributed by atoms with Gasteiger partial charge in [0.05, 0.1) is 32.0 Å². The Hall–Kier alpha value is -4.29. The molecule has 0 N–H and O–H groups in total. The van der Waals surface area contributed by atoms with Crippen LogP contribution >= 0.6 is 11.6 Å². The molecule has 5 aromatic carbocycles. The number of rotatable bonds is 3. The van der Waals surface area contributed by atoms with Crippen molar-refractivity contribution in [3.05, 3.63) is 116 Å². The monoisotopic (exact) mass is 465 g/mol. The van der Waals surface area contributed by atoms with Crippen LogP contribution in [-0.4, -0.2) is 14.5 Å².